The third-order valence-electron chi connectivity index (χ3n) is 7.85. The highest BCUT2D eigenvalue weighted by Gasteiger charge is 2.74. The van der Waals surface area contributed by atoms with Crippen LogP contribution in [-0.4, -0.2) is 47.2 Å². The second-order valence-corrected chi connectivity index (χ2v) is 9.25. The van der Waals surface area contributed by atoms with Crippen molar-refractivity contribution in [2.24, 2.45) is 11.8 Å². The van der Waals surface area contributed by atoms with Gasteiger partial charge in [0.05, 0.1) is 35.6 Å². The quantitative estimate of drug-likeness (QED) is 0.422. The Balaban J connectivity index is 1.53. The van der Waals surface area contributed by atoms with Crippen molar-refractivity contribution in [3.05, 3.63) is 57.6 Å². The molecule has 0 bridgehead atoms. The van der Waals surface area contributed by atoms with Gasteiger partial charge in [0.15, 0.2) is 0 Å². The van der Waals surface area contributed by atoms with Gasteiger partial charge in [-0.15, -0.1) is 0 Å². The molecule has 34 heavy (non-hydrogen) atoms. The van der Waals surface area contributed by atoms with E-state index in [0.717, 1.165) is 22.4 Å². The molecule has 3 saturated heterocycles. The third kappa shape index (κ3) is 2.30. The fourth-order valence-corrected chi connectivity index (χ4v) is 6.58. The van der Waals surface area contributed by atoms with Crippen LogP contribution >= 0.6 is 0 Å². The van der Waals surface area contributed by atoms with E-state index >= 15 is 0 Å². The molecular formula is C24H22N4O6. The maximum Gasteiger partial charge on any atom is 0.273 e. The Morgan fingerprint density at radius 3 is 2.71 bits per heavy atom. The van der Waals surface area contributed by atoms with Gasteiger partial charge in [-0.25, -0.2) is 4.90 Å². The van der Waals surface area contributed by atoms with E-state index in [1.807, 2.05) is 25.1 Å². The predicted molar refractivity (Wildman–Crippen MR) is 120 cm³/mol. The van der Waals surface area contributed by atoms with Gasteiger partial charge in [-0.1, -0.05) is 18.2 Å². The Hall–Kier alpha value is -3.79. The Kier molecular flexibility index (Phi) is 4.20. The van der Waals surface area contributed by atoms with Crippen LogP contribution in [0.1, 0.15) is 24.0 Å². The molecule has 2 aromatic rings. The number of anilines is 2. The number of methoxy groups -OCH3 is 1. The molecule has 0 saturated carbocycles. The highest BCUT2D eigenvalue weighted by molar-refractivity contribution is 6.26. The van der Waals surface area contributed by atoms with Crippen LogP contribution in [0.3, 0.4) is 0 Å². The van der Waals surface area contributed by atoms with E-state index < -0.39 is 34.1 Å². The van der Waals surface area contributed by atoms with E-state index in [1.54, 1.807) is 0 Å². The molecule has 4 heterocycles. The molecule has 174 valence electrons. The van der Waals surface area contributed by atoms with Gasteiger partial charge in [0.25, 0.3) is 5.69 Å². The first-order chi connectivity index (χ1) is 16.3. The van der Waals surface area contributed by atoms with Crippen LogP contribution in [-0.2, 0) is 19.9 Å². The van der Waals surface area contributed by atoms with Crippen LogP contribution in [0.25, 0.3) is 0 Å². The molecular weight excluding hydrogens is 440 g/mol. The number of imide groups is 1. The maximum atomic E-state index is 14.0. The summed E-state index contributed by atoms with van der Waals surface area (Å²) in [6.07, 6.45) is 1.54. The van der Waals surface area contributed by atoms with Crippen LogP contribution in [0.2, 0.25) is 0 Å². The molecule has 4 aliphatic heterocycles. The molecule has 1 N–H and O–H groups in total. The number of nitro benzene ring substituents is 1. The van der Waals surface area contributed by atoms with Gasteiger partial charge in [0.1, 0.15) is 11.3 Å². The first-order valence-electron chi connectivity index (χ1n) is 11.2. The standard InChI is InChI=1S/C24H22N4O6/c1-12-5-3-6-14-20(12)25-23(31)24(14)19-18(16-7-4-10-26(16)24)21(29)27(22(19)30)15-9-8-13(28(32)33)11-17(15)34-2/h3,5-6,8-9,11,16,18-19H,4,7,10H2,1-2H3,(H,25,31)/t16-,18+,19-,24+/m0/s1. The lowest BCUT2D eigenvalue weighted by molar-refractivity contribution is -0.384. The van der Waals surface area contributed by atoms with Gasteiger partial charge < -0.3 is 10.1 Å². The summed E-state index contributed by atoms with van der Waals surface area (Å²) in [7, 11) is 1.33. The second-order valence-electron chi connectivity index (χ2n) is 9.25. The summed E-state index contributed by atoms with van der Waals surface area (Å²) in [5.41, 5.74) is 1.01. The number of nitrogens with one attached hydrogen (secondary N) is 1. The molecule has 0 unspecified atom stereocenters. The number of nitro groups is 1. The minimum absolute atomic E-state index is 0.0559. The highest BCUT2D eigenvalue weighted by atomic mass is 16.6. The van der Waals surface area contributed by atoms with Crippen LogP contribution in [0.4, 0.5) is 17.1 Å². The number of carbonyl (C=O) groups is 3. The normalized spacial score (nSPS) is 29.4. The number of non-ortho nitro benzene ring substituents is 1. The van der Waals surface area contributed by atoms with Gasteiger partial charge in [-0.05, 0) is 37.9 Å². The number of aryl methyl sites for hydroxylation is 1. The van der Waals surface area contributed by atoms with Gasteiger partial charge in [0.2, 0.25) is 17.7 Å². The van der Waals surface area contributed by atoms with Gasteiger partial charge in [-0.3, -0.25) is 29.4 Å². The van der Waals surface area contributed by atoms with E-state index in [0.29, 0.717) is 18.7 Å². The monoisotopic (exact) mass is 462 g/mol. The molecule has 2 aromatic carbocycles. The van der Waals surface area contributed by atoms with E-state index in [2.05, 4.69) is 10.2 Å². The summed E-state index contributed by atoms with van der Waals surface area (Å²) < 4.78 is 5.32. The molecule has 4 atom stereocenters. The number of benzene rings is 2. The van der Waals surface area contributed by atoms with E-state index in [-0.39, 0.29) is 29.1 Å². The number of ether oxygens (including phenoxy) is 1. The molecule has 3 fully saturated rings. The highest BCUT2D eigenvalue weighted by Crippen LogP contribution is 2.61. The lowest BCUT2D eigenvalue weighted by Crippen LogP contribution is -2.54. The van der Waals surface area contributed by atoms with Crippen LogP contribution in [0, 0.1) is 28.9 Å². The third-order valence-corrected chi connectivity index (χ3v) is 7.85. The number of amides is 3. The Morgan fingerprint density at radius 1 is 1.18 bits per heavy atom. The smallest absolute Gasteiger partial charge is 0.273 e. The lowest BCUT2D eigenvalue weighted by atomic mass is 9.75. The fourth-order valence-electron chi connectivity index (χ4n) is 6.58. The van der Waals surface area contributed by atoms with Crippen molar-refractivity contribution in [2.75, 3.05) is 23.9 Å². The number of nitrogens with zero attached hydrogens (tertiary/aromatic N) is 3. The first-order valence-corrected chi connectivity index (χ1v) is 11.2. The number of para-hydroxylation sites is 1. The maximum absolute atomic E-state index is 14.0. The summed E-state index contributed by atoms with van der Waals surface area (Å²) in [6.45, 7) is 2.53. The average Bonchev–Trinajstić information content (AvgIpc) is 3.52. The van der Waals surface area contributed by atoms with Gasteiger partial charge >= 0.3 is 0 Å². The van der Waals surface area contributed by atoms with Crippen LogP contribution < -0.4 is 15.0 Å². The fraction of sp³-hybridized carbons (Fsp3) is 0.375. The number of carbonyl (C=O) groups excluding carboxylic acids is 3. The van der Waals surface area contributed by atoms with E-state index in [9.17, 15) is 24.5 Å². The summed E-state index contributed by atoms with van der Waals surface area (Å²) in [5, 5.41) is 14.2. The minimum atomic E-state index is -1.26. The number of hydrogen-bond donors (Lipinski definition) is 1. The molecule has 0 aromatic heterocycles. The van der Waals surface area contributed by atoms with Crippen molar-refractivity contribution >= 4 is 34.8 Å². The average molecular weight is 462 g/mol. The Bertz CT molecular complexity index is 1310. The number of rotatable bonds is 3. The molecule has 4 aliphatic rings. The topological polar surface area (TPSA) is 122 Å². The van der Waals surface area contributed by atoms with Crippen molar-refractivity contribution in [3.8, 4) is 5.75 Å². The molecule has 3 amide bonds. The van der Waals surface area contributed by atoms with Crippen molar-refractivity contribution in [3.63, 3.8) is 0 Å². The molecule has 10 nitrogen and oxygen atoms in total. The van der Waals surface area contributed by atoms with Crippen molar-refractivity contribution < 1.29 is 24.0 Å². The van der Waals surface area contributed by atoms with E-state index in [4.69, 9.17) is 4.74 Å². The Morgan fingerprint density at radius 2 is 1.97 bits per heavy atom. The minimum Gasteiger partial charge on any atom is -0.494 e. The van der Waals surface area contributed by atoms with Gasteiger partial charge in [0, 0.05) is 23.4 Å². The van der Waals surface area contributed by atoms with Crippen molar-refractivity contribution in [1.82, 2.24) is 4.90 Å². The molecule has 6 rings (SSSR count). The summed E-state index contributed by atoms with van der Waals surface area (Å²) >= 11 is 0. The van der Waals surface area contributed by atoms with Gasteiger partial charge in [-0.2, -0.15) is 0 Å². The molecule has 0 aliphatic carbocycles. The molecule has 0 radical (unpaired) electrons. The van der Waals surface area contributed by atoms with Crippen molar-refractivity contribution in [2.45, 2.75) is 31.3 Å². The summed E-state index contributed by atoms with van der Waals surface area (Å²) in [4.78, 5) is 55.3. The number of hydrogen-bond acceptors (Lipinski definition) is 7. The first kappa shape index (κ1) is 20.8. The van der Waals surface area contributed by atoms with E-state index in [1.165, 1.54) is 25.3 Å². The van der Waals surface area contributed by atoms with Crippen molar-refractivity contribution in [1.29, 1.82) is 0 Å². The SMILES string of the molecule is COc1cc([N+](=O)[O-])ccc1N1C(=O)[C@H]2[C@@H](C1=O)[C@]1(C(=O)Nc3c(C)cccc31)N1CCC[C@@H]21. The summed E-state index contributed by atoms with van der Waals surface area (Å²) in [5.74, 6) is -2.69. The zero-order chi connectivity index (χ0) is 23.9. The van der Waals surface area contributed by atoms with Crippen LogP contribution in [0.15, 0.2) is 36.4 Å². The summed E-state index contributed by atoms with van der Waals surface area (Å²) in [6, 6.07) is 9.19. The zero-order valence-corrected chi connectivity index (χ0v) is 18.6. The second kappa shape index (κ2) is 6.86. The largest absolute Gasteiger partial charge is 0.494 e. The molecule has 10 heteroatoms. The number of fused-ring (bicyclic) bond motifs is 7. The zero-order valence-electron chi connectivity index (χ0n) is 18.6. The predicted octanol–water partition coefficient (Wildman–Crippen LogP) is 2.34. The molecule has 1 spiro atoms. The Labute approximate surface area is 194 Å². The van der Waals surface area contributed by atoms with Crippen LogP contribution in [0.5, 0.6) is 5.75 Å². The lowest BCUT2D eigenvalue weighted by Gasteiger charge is -2.36.